The zero-order valence-electron chi connectivity index (χ0n) is 20.6. The first kappa shape index (κ1) is 28.5. The molecule has 0 aliphatic carbocycles. The Bertz CT molecular complexity index is 893. The lowest BCUT2D eigenvalue weighted by Crippen LogP contribution is -2.55. The molecule has 0 aromatic heterocycles. The second-order valence-electron chi connectivity index (χ2n) is 8.94. The van der Waals surface area contributed by atoms with Crippen molar-refractivity contribution in [2.24, 2.45) is 5.92 Å². The molecule has 0 aliphatic heterocycles. The van der Waals surface area contributed by atoms with E-state index in [1.54, 1.807) is 40.7 Å². The Kier molecular flexibility index (Phi) is 10.6. The van der Waals surface area contributed by atoms with Crippen LogP contribution in [-0.4, -0.2) is 65.7 Å². The van der Waals surface area contributed by atoms with E-state index in [-0.39, 0.29) is 18.2 Å². The number of hydrogen-bond donors (Lipinski definition) is 3. The van der Waals surface area contributed by atoms with Gasteiger partial charge in [-0.15, -0.1) is 6.58 Å². The number of methoxy groups -OCH3 is 1. The summed E-state index contributed by atoms with van der Waals surface area (Å²) in [5, 5.41) is 15.0. The minimum absolute atomic E-state index is 0.0516. The molecule has 0 saturated heterocycles. The highest BCUT2D eigenvalue weighted by molar-refractivity contribution is 5.93. The number of esters is 1. The molecule has 0 radical (unpaired) electrons. The van der Waals surface area contributed by atoms with Gasteiger partial charge in [0.2, 0.25) is 11.8 Å². The maximum absolute atomic E-state index is 13.6. The van der Waals surface area contributed by atoms with Crippen molar-refractivity contribution < 1.29 is 33.8 Å². The highest BCUT2D eigenvalue weighted by atomic mass is 16.6. The zero-order chi connectivity index (χ0) is 26.1. The van der Waals surface area contributed by atoms with Crippen molar-refractivity contribution in [1.82, 2.24) is 15.5 Å². The smallest absolute Gasteiger partial charge is 0.408 e. The largest absolute Gasteiger partial charge is 0.508 e. The van der Waals surface area contributed by atoms with Crippen LogP contribution in [0.15, 0.2) is 36.9 Å². The topological polar surface area (TPSA) is 134 Å². The molecule has 1 aromatic rings. The third-order valence-corrected chi connectivity index (χ3v) is 4.59. The second-order valence-corrected chi connectivity index (χ2v) is 8.94. The van der Waals surface area contributed by atoms with E-state index in [1.807, 2.05) is 0 Å². The molecule has 188 valence electrons. The molecule has 0 spiro atoms. The standard InChI is InChI=1S/C24H35N3O7/c1-8-12-27(22(31)19(15(2)3)26-23(32)34-24(4,5)6)20(16-10-9-11-17(28)13-16)21(30)25-14-18(29)33-7/h8-11,13,15,19-20,28H,1,12,14H2,2-7H3,(H,25,30)(H,26,32). The maximum atomic E-state index is 13.6. The number of nitrogens with one attached hydrogen (secondary N) is 2. The van der Waals surface area contributed by atoms with Crippen molar-refractivity contribution in [2.75, 3.05) is 20.2 Å². The molecular weight excluding hydrogens is 442 g/mol. The highest BCUT2D eigenvalue weighted by Gasteiger charge is 2.37. The Morgan fingerprint density at radius 3 is 2.35 bits per heavy atom. The van der Waals surface area contributed by atoms with Crippen molar-refractivity contribution in [3.05, 3.63) is 42.5 Å². The second kappa shape index (κ2) is 12.6. The van der Waals surface area contributed by atoms with Crippen LogP contribution >= 0.6 is 0 Å². The molecule has 0 heterocycles. The first-order valence-corrected chi connectivity index (χ1v) is 10.8. The van der Waals surface area contributed by atoms with Crippen LogP contribution in [0.1, 0.15) is 46.2 Å². The average molecular weight is 478 g/mol. The van der Waals surface area contributed by atoms with Crippen molar-refractivity contribution in [2.45, 2.75) is 52.3 Å². The summed E-state index contributed by atoms with van der Waals surface area (Å²) in [5.41, 5.74) is -0.467. The van der Waals surface area contributed by atoms with Crippen LogP contribution in [0.2, 0.25) is 0 Å². The van der Waals surface area contributed by atoms with Gasteiger partial charge in [0.25, 0.3) is 0 Å². The van der Waals surface area contributed by atoms with Crippen LogP contribution in [0.5, 0.6) is 5.75 Å². The fraction of sp³-hybridized carbons (Fsp3) is 0.500. The van der Waals surface area contributed by atoms with Gasteiger partial charge in [0, 0.05) is 6.54 Å². The number of aromatic hydroxyl groups is 1. The predicted molar refractivity (Wildman–Crippen MR) is 126 cm³/mol. The van der Waals surface area contributed by atoms with Gasteiger partial charge >= 0.3 is 12.1 Å². The number of carbonyl (C=O) groups excluding carboxylic acids is 4. The molecule has 2 atom stereocenters. The summed E-state index contributed by atoms with van der Waals surface area (Å²) in [6, 6.07) is 3.61. The molecule has 1 aromatic carbocycles. The van der Waals surface area contributed by atoms with Crippen molar-refractivity contribution >= 4 is 23.9 Å². The summed E-state index contributed by atoms with van der Waals surface area (Å²) < 4.78 is 9.85. The van der Waals surface area contributed by atoms with Crippen LogP contribution in [0.4, 0.5) is 4.79 Å². The Morgan fingerprint density at radius 1 is 1.21 bits per heavy atom. The van der Waals surface area contributed by atoms with Gasteiger partial charge in [0.15, 0.2) is 0 Å². The maximum Gasteiger partial charge on any atom is 0.408 e. The molecule has 10 nitrogen and oxygen atoms in total. The van der Waals surface area contributed by atoms with E-state index in [0.717, 1.165) is 0 Å². The summed E-state index contributed by atoms with van der Waals surface area (Å²) >= 11 is 0. The van der Waals surface area contributed by atoms with Gasteiger partial charge in [-0.1, -0.05) is 32.1 Å². The highest BCUT2D eigenvalue weighted by Crippen LogP contribution is 2.26. The van der Waals surface area contributed by atoms with E-state index in [1.165, 1.54) is 36.3 Å². The molecule has 0 fully saturated rings. The van der Waals surface area contributed by atoms with Crippen LogP contribution in [0.3, 0.4) is 0 Å². The van der Waals surface area contributed by atoms with Gasteiger partial charge < -0.3 is 30.1 Å². The Labute approximate surface area is 200 Å². The zero-order valence-corrected chi connectivity index (χ0v) is 20.6. The van der Waals surface area contributed by atoms with Gasteiger partial charge in [-0.3, -0.25) is 14.4 Å². The fourth-order valence-corrected chi connectivity index (χ4v) is 3.08. The molecule has 1 rings (SSSR count). The molecule has 34 heavy (non-hydrogen) atoms. The first-order valence-electron chi connectivity index (χ1n) is 10.8. The lowest BCUT2D eigenvalue weighted by Gasteiger charge is -2.35. The van der Waals surface area contributed by atoms with Crippen LogP contribution in [0, 0.1) is 5.92 Å². The summed E-state index contributed by atoms with van der Waals surface area (Å²) in [6.07, 6.45) is 0.661. The number of nitrogens with zero attached hydrogens (tertiary/aromatic N) is 1. The van der Waals surface area contributed by atoms with Crippen molar-refractivity contribution in [3.63, 3.8) is 0 Å². The molecule has 3 amide bonds. The number of hydrogen-bond acceptors (Lipinski definition) is 7. The van der Waals surface area contributed by atoms with Gasteiger partial charge in [0.05, 0.1) is 7.11 Å². The van der Waals surface area contributed by atoms with E-state index in [4.69, 9.17) is 4.74 Å². The van der Waals surface area contributed by atoms with E-state index in [9.17, 15) is 24.3 Å². The number of rotatable bonds is 10. The van der Waals surface area contributed by atoms with Crippen LogP contribution in [-0.2, 0) is 23.9 Å². The van der Waals surface area contributed by atoms with Crippen molar-refractivity contribution in [3.8, 4) is 5.75 Å². The minimum atomic E-state index is -1.23. The van der Waals surface area contributed by atoms with Crippen LogP contribution in [0.25, 0.3) is 0 Å². The Morgan fingerprint density at radius 2 is 1.85 bits per heavy atom. The summed E-state index contributed by atoms with van der Waals surface area (Å²) in [6.45, 7) is 11.8. The average Bonchev–Trinajstić information content (AvgIpc) is 2.73. The van der Waals surface area contributed by atoms with E-state index in [0.29, 0.717) is 5.56 Å². The molecule has 2 unspecified atom stereocenters. The molecule has 0 aliphatic rings. The molecule has 0 bridgehead atoms. The minimum Gasteiger partial charge on any atom is -0.508 e. The molecule has 3 N–H and O–H groups in total. The number of amides is 3. The van der Waals surface area contributed by atoms with E-state index >= 15 is 0 Å². The van der Waals surface area contributed by atoms with E-state index < -0.39 is 48.1 Å². The third-order valence-electron chi connectivity index (χ3n) is 4.59. The van der Waals surface area contributed by atoms with Gasteiger partial charge in [-0.25, -0.2) is 4.79 Å². The third kappa shape index (κ3) is 8.76. The van der Waals surface area contributed by atoms with Crippen molar-refractivity contribution in [1.29, 1.82) is 0 Å². The predicted octanol–water partition coefficient (Wildman–Crippen LogP) is 2.29. The number of phenolic OH excluding ortho intramolecular Hbond substituents is 1. The molecule has 0 saturated carbocycles. The summed E-state index contributed by atoms with van der Waals surface area (Å²) in [4.78, 5) is 52.0. The normalized spacial score (nSPS) is 12.8. The number of carbonyl (C=O) groups is 4. The van der Waals surface area contributed by atoms with Gasteiger partial charge in [-0.05, 0) is 44.4 Å². The SMILES string of the molecule is C=CCN(C(=O)C(NC(=O)OC(C)(C)C)C(C)C)C(C(=O)NCC(=O)OC)c1cccc(O)c1. The number of ether oxygens (including phenoxy) is 2. The van der Waals surface area contributed by atoms with Crippen LogP contribution < -0.4 is 10.6 Å². The van der Waals surface area contributed by atoms with Gasteiger partial charge in [0.1, 0.15) is 30.0 Å². The number of benzene rings is 1. The lowest BCUT2D eigenvalue weighted by molar-refractivity contribution is -0.144. The molecule has 10 heteroatoms. The van der Waals surface area contributed by atoms with E-state index in [2.05, 4.69) is 21.9 Å². The summed E-state index contributed by atoms with van der Waals surface area (Å²) in [7, 11) is 1.18. The van der Waals surface area contributed by atoms with Gasteiger partial charge in [-0.2, -0.15) is 0 Å². The number of alkyl carbamates (subject to hydrolysis) is 1. The lowest BCUT2D eigenvalue weighted by atomic mass is 9.98. The fourth-order valence-electron chi connectivity index (χ4n) is 3.08. The quantitative estimate of drug-likeness (QED) is 0.348. The monoisotopic (exact) mass is 477 g/mol. The summed E-state index contributed by atoms with van der Waals surface area (Å²) in [5.74, 6) is -2.37. The first-order chi connectivity index (χ1) is 15.8. The number of phenols is 1. The Balaban J connectivity index is 3.39. The molecular formula is C24H35N3O7. The Hall–Kier alpha value is -3.56.